The Hall–Kier alpha value is -1.70. The molecule has 7 heteroatoms. The largest absolute Gasteiger partial charge is 0.365 e. The van der Waals surface area contributed by atoms with Gasteiger partial charge < -0.3 is 5.73 Å². The van der Waals surface area contributed by atoms with Crippen LogP contribution in [0.1, 0.15) is 15.2 Å². The topological polar surface area (TPSA) is 97.5 Å². The molecule has 0 radical (unpaired) electrons. The smallest absolute Gasteiger partial charge is 0.294 e. The van der Waals surface area contributed by atoms with Crippen LogP contribution in [0, 0.1) is 6.92 Å². The summed E-state index contributed by atoms with van der Waals surface area (Å²) in [7, 11) is -4.02. The molecule has 0 unspecified atom stereocenters. The zero-order chi connectivity index (χ0) is 14.5. The number of thiophene rings is 1. The summed E-state index contributed by atoms with van der Waals surface area (Å²) in [4.78, 5) is 10.8. The zero-order valence-corrected chi connectivity index (χ0v) is 11.7. The lowest BCUT2D eigenvalue weighted by Gasteiger charge is -1.95. The molecule has 0 spiro atoms. The van der Waals surface area contributed by atoms with Crippen molar-refractivity contribution in [2.45, 2.75) is 11.8 Å². The third-order valence-electron chi connectivity index (χ3n) is 2.08. The Labute approximate surface area is 115 Å². The van der Waals surface area contributed by atoms with Crippen LogP contribution in [0.2, 0.25) is 0 Å². The molecule has 1 heterocycles. The zero-order valence-electron chi connectivity index (χ0n) is 10.1. The summed E-state index contributed by atoms with van der Waals surface area (Å²) in [6, 6.07) is 9.49. The molecule has 1 amide bonds. The minimum Gasteiger partial charge on any atom is -0.365 e. The molecular formula is C12H13NO4S2. The Bertz CT molecular complexity index is 631. The van der Waals surface area contributed by atoms with Gasteiger partial charge in [-0.05, 0) is 30.5 Å². The van der Waals surface area contributed by atoms with E-state index in [1.165, 1.54) is 23.5 Å². The van der Waals surface area contributed by atoms with Crippen LogP contribution in [0.25, 0.3) is 0 Å². The lowest BCUT2D eigenvalue weighted by molar-refractivity contribution is 0.100. The molecule has 102 valence electrons. The van der Waals surface area contributed by atoms with Crippen LogP contribution in [0.4, 0.5) is 0 Å². The number of nitrogens with two attached hydrogens (primary N) is 1. The Morgan fingerprint density at radius 1 is 1.21 bits per heavy atom. The number of primary amides is 1. The van der Waals surface area contributed by atoms with E-state index in [0.717, 1.165) is 5.56 Å². The first-order chi connectivity index (χ1) is 8.80. The first-order valence-corrected chi connectivity index (χ1v) is 7.50. The van der Waals surface area contributed by atoms with Crippen molar-refractivity contribution in [2.75, 3.05) is 0 Å². The second kappa shape index (κ2) is 6.46. The van der Waals surface area contributed by atoms with E-state index in [2.05, 4.69) is 0 Å². The van der Waals surface area contributed by atoms with Crippen LogP contribution in [-0.2, 0) is 10.1 Å². The number of hydrogen-bond acceptors (Lipinski definition) is 4. The van der Waals surface area contributed by atoms with E-state index < -0.39 is 10.1 Å². The highest BCUT2D eigenvalue weighted by Gasteiger charge is 2.06. The predicted octanol–water partition coefficient (Wildman–Crippen LogP) is 2.09. The van der Waals surface area contributed by atoms with Gasteiger partial charge in [-0.15, -0.1) is 11.3 Å². The quantitative estimate of drug-likeness (QED) is 0.830. The molecule has 2 aromatic rings. The molecule has 0 aliphatic heterocycles. The fourth-order valence-electron chi connectivity index (χ4n) is 1.13. The third kappa shape index (κ3) is 5.21. The Morgan fingerprint density at radius 2 is 1.79 bits per heavy atom. The van der Waals surface area contributed by atoms with Crippen LogP contribution in [0.5, 0.6) is 0 Å². The number of aryl methyl sites for hydroxylation is 1. The van der Waals surface area contributed by atoms with E-state index in [9.17, 15) is 13.2 Å². The summed E-state index contributed by atoms with van der Waals surface area (Å²) < 4.78 is 29.6. The van der Waals surface area contributed by atoms with Gasteiger partial charge in [0, 0.05) is 0 Å². The molecule has 0 bridgehead atoms. The summed E-state index contributed by atoms with van der Waals surface area (Å²) >= 11 is 1.36. The van der Waals surface area contributed by atoms with E-state index in [-0.39, 0.29) is 10.8 Å². The first-order valence-electron chi connectivity index (χ1n) is 5.18. The number of rotatable bonds is 2. The molecule has 0 aliphatic rings. The Kier molecular flexibility index (Phi) is 5.22. The lowest BCUT2D eigenvalue weighted by atomic mass is 10.2. The maximum atomic E-state index is 10.5. The second-order valence-electron chi connectivity index (χ2n) is 3.63. The van der Waals surface area contributed by atoms with Crippen molar-refractivity contribution in [2.24, 2.45) is 5.73 Å². The summed E-state index contributed by atoms with van der Waals surface area (Å²) in [6.07, 6.45) is 0. The van der Waals surface area contributed by atoms with Gasteiger partial charge in [-0.3, -0.25) is 9.35 Å². The van der Waals surface area contributed by atoms with Crippen molar-refractivity contribution < 1.29 is 17.8 Å². The number of benzene rings is 1. The number of carbonyl (C=O) groups is 1. The number of amides is 1. The van der Waals surface area contributed by atoms with Crippen molar-refractivity contribution in [3.8, 4) is 0 Å². The van der Waals surface area contributed by atoms with Crippen molar-refractivity contribution in [3.05, 3.63) is 52.2 Å². The van der Waals surface area contributed by atoms with Gasteiger partial charge in [-0.25, -0.2) is 0 Å². The summed E-state index contributed by atoms with van der Waals surface area (Å²) in [5, 5.41) is 1.82. The number of carbonyl (C=O) groups excluding carboxylic acids is 1. The third-order valence-corrected chi connectivity index (χ3v) is 3.84. The molecule has 1 aromatic heterocycles. The van der Waals surface area contributed by atoms with E-state index in [1.54, 1.807) is 24.3 Å². The van der Waals surface area contributed by atoms with Gasteiger partial charge in [0.2, 0.25) is 0 Å². The fourth-order valence-corrected chi connectivity index (χ4v) is 2.19. The fraction of sp³-hybridized carbons (Fsp3) is 0.0833. The molecule has 5 nitrogen and oxygen atoms in total. The normalized spacial score (nSPS) is 10.4. The molecule has 19 heavy (non-hydrogen) atoms. The molecule has 0 fully saturated rings. The van der Waals surface area contributed by atoms with Crippen molar-refractivity contribution in [1.29, 1.82) is 0 Å². The first kappa shape index (κ1) is 15.4. The summed E-state index contributed by atoms with van der Waals surface area (Å²) in [6.45, 7) is 1.84. The molecular weight excluding hydrogens is 286 g/mol. The molecule has 1 aromatic carbocycles. The molecule has 0 saturated heterocycles. The molecule has 0 atom stereocenters. The van der Waals surface area contributed by atoms with Crippen LogP contribution in [-0.4, -0.2) is 18.9 Å². The highest BCUT2D eigenvalue weighted by molar-refractivity contribution is 7.85. The van der Waals surface area contributed by atoms with Gasteiger partial charge in [-0.2, -0.15) is 8.42 Å². The minimum atomic E-state index is -4.02. The van der Waals surface area contributed by atoms with Gasteiger partial charge in [-0.1, -0.05) is 23.8 Å². The number of hydrogen-bond donors (Lipinski definition) is 2. The van der Waals surface area contributed by atoms with Gasteiger partial charge in [0.15, 0.2) is 0 Å². The highest BCUT2D eigenvalue weighted by Crippen LogP contribution is 2.08. The summed E-state index contributed by atoms with van der Waals surface area (Å²) in [5.41, 5.74) is 5.89. The Balaban J connectivity index is 0.000000200. The van der Waals surface area contributed by atoms with Crippen molar-refractivity contribution in [1.82, 2.24) is 0 Å². The van der Waals surface area contributed by atoms with E-state index in [4.69, 9.17) is 10.3 Å². The summed E-state index contributed by atoms with van der Waals surface area (Å²) in [5.74, 6) is -0.347. The standard InChI is InChI=1S/C7H8O3S.C5H5NOS/c1-6-2-4-7(5-3-6)11(8,9)10;6-5(7)4-2-1-3-8-4/h2-5H,1H3,(H,8,9,10);1-3H,(H2,6,7). The Morgan fingerprint density at radius 3 is 2.11 bits per heavy atom. The molecule has 0 saturated carbocycles. The minimum absolute atomic E-state index is 0.0666. The average molecular weight is 299 g/mol. The monoisotopic (exact) mass is 299 g/mol. The molecule has 0 aliphatic carbocycles. The molecule has 3 N–H and O–H groups in total. The van der Waals surface area contributed by atoms with Crippen molar-refractivity contribution >= 4 is 27.4 Å². The highest BCUT2D eigenvalue weighted by atomic mass is 32.2. The molecule has 2 rings (SSSR count). The van der Waals surface area contributed by atoms with Gasteiger partial charge in [0.05, 0.1) is 9.77 Å². The lowest BCUT2D eigenvalue weighted by Crippen LogP contribution is -2.07. The average Bonchev–Trinajstić information content (AvgIpc) is 2.82. The van der Waals surface area contributed by atoms with E-state index in [0.29, 0.717) is 4.88 Å². The van der Waals surface area contributed by atoms with Gasteiger partial charge >= 0.3 is 0 Å². The van der Waals surface area contributed by atoms with E-state index in [1.807, 2.05) is 12.3 Å². The maximum absolute atomic E-state index is 10.5. The van der Waals surface area contributed by atoms with Gasteiger partial charge in [0.25, 0.3) is 16.0 Å². The SMILES string of the molecule is Cc1ccc(S(=O)(=O)O)cc1.NC(=O)c1cccs1. The van der Waals surface area contributed by atoms with Crippen LogP contribution in [0.3, 0.4) is 0 Å². The van der Waals surface area contributed by atoms with Crippen LogP contribution in [0.15, 0.2) is 46.7 Å². The predicted molar refractivity (Wildman–Crippen MR) is 73.8 cm³/mol. The second-order valence-corrected chi connectivity index (χ2v) is 6.00. The van der Waals surface area contributed by atoms with Crippen molar-refractivity contribution in [3.63, 3.8) is 0 Å². The van der Waals surface area contributed by atoms with E-state index >= 15 is 0 Å². The van der Waals surface area contributed by atoms with Crippen LogP contribution < -0.4 is 5.73 Å². The van der Waals surface area contributed by atoms with Gasteiger partial charge in [0.1, 0.15) is 0 Å². The maximum Gasteiger partial charge on any atom is 0.294 e. The van der Waals surface area contributed by atoms with Crippen LogP contribution >= 0.6 is 11.3 Å².